The van der Waals surface area contributed by atoms with Gasteiger partial charge in [0.05, 0.1) is 17.7 Å². The van der Waals surface area contributed by atoms with Crippen molar-refractivity contribution in [3.8, 4) is 0 Å². The summed E-state index contributed by atoms with van der Waals surface area (Å²) in [5.74, 6) is 0.00271. The second kappa shape index (κ2) is 7.33. The van der Waals surface area contributed by atoms with Crippen LogP contribution in [0.2, 0.25) is 0 Å². The fourth-order valence-corrected chi connectivity index (χ4v) is 3.74. The van der Waals surface area contributed by atoms with Crippen molar-refractivity contribution >= 4 is 5.91 Å². The lowest BCUT2D eigenvalue weighted by atomic mass is 9.94. The van der Waals surface area contributed by atoms with Crippen molar-refractivity contribution in [1.29, 1.82) is 0 Å². The second-order valence-corrected chi connectivity index (χ2v) is 6.80. The molecule has 1 aromatic carbocycles. The number of β-amino-alcohol motifs (C(OH)–C–C–N with tert-alkyl or cyclic N) is 1. The highest BCUT2D eigenvalue weighted by Crippen LogP contribution is 2.41. The van der Waals surface area contributed by atoms with E-state index in [-0.39, 0.29) is 30.4 Å². The summed E-state index contributed by atoms with van der Waals surface area (Å²) in [5, 5.41) is 9.98. The number of benzene rings is 1. The summed E-state index contributed by atoms with van der Waals surface area (Å²) < 4.78 is 45.2. The predicted octanol–water partition coefficient (Wildman–Crippen LogP) is 3.16. The van der Waals surface area contributed by atoms with Crippen molar-refractivity contribution in [2.45, 2.75) is 44.0 Å². The molecule has 0 radical (unpaired) electrons. The highest BCUT2D eigenvalue weighted by atomic mass is 19.4. The normalized spacial score (nSPS) is 25.4. The number of carbonyl (C=O) groups excluding carboxylic acids is 1. The molecular formula is C18H22F3NO3. The van der Waals surface area contributed by atoms with E-state index in [0.717, 1.165) is 18.9 Å². The zero-order valence-corrected chi connectivity index (χ0v) is 13.8. The van der Waals surface area contributed by atoms with Crippen LogP contribution >= 0.6 is 0 Å². The molecule has 0 saturated carbocycles. The number of amides is 1. The molecule has 7 heteroatoms. The van der Waals surface area contributed by atoms with Crippen LogP contribution in [0.1, 0.15) is 42.9 Å². The molecule has 3 rings (SSSR count). The van der Waals surface area contributed by atoms with Crippen LogP contribution in [0.5, 0.6) is 0 Å². The molecule has 1 amide bonds. The van der Waals surface area contributed by atoms with Gasteiger partial charge in [-0.3, -0.25) is 4.79 Å². The maximum Gasteiger partial charge on any atom is 0.416 e. The molecule has 25 heavy (non-hydrogen) atoms. The molecule has 2 saturated heterocycles. The number of halogens is 3. The zero-order chi connectivity index (χ0) is 18.0. The Morgan fingerprint density at radius 3 is 2.60 bits per heavy atom. The smallest absolute Gasteiger partial charge is 0.391 e. The lowest BCUT2D eigenvalue weighted by Gasteiger charge is -2.29. The van der Waals surface area contributed by atoms with Crippen LogP contribution in [0.4, 0.5) is 13.2 Å². The van der Waals surface area contributed by atoms with Crippen molar-refractivity contribution in [3.63, 3.8) is 0 Å². The van der Waals surface area contributed by atoms with E-state index in [1.807, 2.05) is 0 Å². The molecule has 2 fully saturated rings. The molecule has 2 aliphatic heterocycles. The van der Waals surface area contributed by atoms with Gasteiger partial charge in [0.15, 0.2) is 0 Å². The number of ether oxygens (including phenoxy) is 1. The largest absolute Gasteiger partial charge is 0.416 e. The Morgan fingerprint density at radius 1 is 1.24 bits per heavy atom. The van der Waals surface area contributed by atoms with Gasteiger partial charge in [-0.1, -0.05) is 18.2 Å². The summed E-state index contributed by atoms with van der Waals surface area (Å²) in [7, 11) is 0. The van der Waals surface area contributed by atoms with E-state index in [1.54, 1.807) is 0 Å². The van der Waals surface area contributed by atoms with E-state index in [4.69, 9.17) is 4.74 Å². The van der Waals surface area contributed by atoms with Crippen LogP contribution in [0.25, 0.3) is 0 Å². The molecule has 2 heterocycles. The van der Waals surface area contributed by atoms with E-state index in [0.29, 0.717) is 19.6 Å². The minimum atomic E-state index is -4.49. The van der Waals surface area contributed by atoms with Crippen molar-refractivity contribution in [1.82, 2.24) is 4.90 Å². The lowest BCUT2D eigenvalue weighted by Crippen LogP contribution is -2.34. The average Bonchev–Trinajstić information content (AvgIpc) is 2.97. The van der Waals surface area contributed by atoms with Gasteiger partial charge in [0, 0.05) is 26.2 Å². The van der Waals surface area contributed by atoms with E-state index >= 15 is 0 Å². The Kier molecular flexibility index (Phi) is 5.34. The van der Waals surface area contributed by atoms with Crippen LogP contribution in [0.3, 0.4) is 0 Å². The number of alkyl halides is 3. The molecule has 2 aliphatic rings. The molecule has 138 valence electrons. The molecule has 2 atom stereocenters. The van der Waals surface area contributed by atoms with Gasteiger partial charge >= 0.3 is 6.18 Å². The van der Waals surface area contributed by atoms with Crippen LogP contribution in [-0.2, 0) is 15.7 Å². The Morgan fingerprint density at radius 2 is 1.92 bits per heavy atom. The summed E-state index contributed by atoms with van der Waals surface area (Å²) in [5.41, 5.74) is -0.676. The summed E-state index contributed by atoms with van der Waals surface area (Å²) >= 11 is 0. The second-order valence-electron chi connectivity index (χ2n) is 6.80. The van der Waals surface area contributed by atoms with Gasteiger partial charge in [-0.05, 0) is 36.8 Å². The third-order valence-corrected chi connectivity index (χ3v) is 5.03. The van der Waals surface area contributed by atoms with Gasteiger partial charge in [0.2, 0.25) is 5.91 Å². The number of hydrogen-bond donors (Lipinski definition) is 1. The number of nitrogens with zero attached hydrogens (tertiary/aromatic N) is 1. The van der Waals surface area contributed by atoms with Gasteiger partial charge in [-0.2, -0.15) is 13.2 Å². The predicted molar refractivity (Wildman–Crippen MR) is 84.7 cm³/mol. The Balaban J connectivity index is 1.81. The van der Waals surface area contributed by atoms with Crippen molar-refractivity contribution in [2.24, 2.45) is 5.92 Å². The summed E-state index contributed by atoms with van der Waals surface area (Å²) in [6, 6.07) is 4.57. The minimum absolute atomic E-state index is 0.0619. The number of hydrogen-bond acceptors (Lipinski definition) is 3. The summed E-state index contributed by atoms with van der Waals surface area (Å²) in [6.45, 7) is 1.31. The van der Waals surface area contributed by atoms with E-state index in [9.17, 15) is 23.1 Å². The first-order valence-corrected chi connectivity index (χ1v) is 8.57. The van der Waals surface area contributed by atoms with E-state index in [1.165, 1.54) is 23.1 Å². The van der Waals surface area contributed by atoms with Crippen LogP contribution in [0, 0.1) is 5.92 Å². The third kappa shape index (κ3) is 4.15. The van der Waals surface area contributed by atoms with Crippen molar-refractivity contribution in [3.05, 3.63) is 35.4 Å². The zero-order valence-electron chi connectivity index (χ0n) is 13.8. The molecule has 0 spiro atoms. The standard InChI is InChI=1S/C18H22F3NO3/c19-18(20,21)15-4-2-1-3-14(15)16-10-13(23)11-22(16)17(24)9-12-5-7-25-8-6-12/h1-4,12-13,16,23H,5-11H2/t13-,16+/m1/s1. The summed E-state index contributed by atoms with van der Waals surface area (Å²) in [6.07, 6.45) is -3.30. The van der Waals surface area contributed by atoms with Crippen LogP contribution in [-0.4, -0.2) is 41.8 Å². The fourth-order valence-electron chi connectivity index (χ4n) is 3.74. The first-order valence-electron chi connectivity index (χ1n) is 8.57. The highest BCUT2D eigenvalue weighted by Gasteiger charge is 2.41. The molecule has 1 N–H and O–H groups in total. The van der Waals surface area contributed by atoms with E-state index in [2.05, 4.69) is 0 Å². The Hall–Kier alpha value is -1.60. The number of aliphatic hydroxyl groups is 1. The van der Waals surface area contributed by atoms with Crippen LogP contribution in [0.15, 0.2) is 24.3 Å². The number of aliphatic hydroxyl groups excluding tert-OH is 1. The molecule has 0 unspecified atom stereocenters. The number of likely N-dealkylation sites (tertiary alicyclic amines) is 1. The van der Waals surface area contributed by atoms with Crippen molar-refractivity contribution < 1.29 is 27.8 Å². The first kappa shape index (κ1) is 18.2. The average molecular weight is 357 g/mol. The lowest BCUT2D eigenvalue weighted by molar-refractivity contribution is -0.140. The molecule has 1 aromatic rings. The quantitative estimate of drug-likeness (QED) is 0.904. The van der Waals surface area contributed by atoms with Gasteiger partial charge in [0.1, 0.15) is 0 Å². The maximum absolute atomic E-state index is 13.3. The van der Waals surface area contributed by atoms with Gasteiger partial charge in [-0.25, -0.2) is 0 Å². The van der Waals surface area contributed by atoms with Gasteiger partial charge < -0.3 is 14.7 Å². The SMILES string of the molecule is O=C(CC1CCOCC1)N1C[C@H](O)C[C@H]1c1ccccc1C(F)(F)F. The van der Waals surface area contributed by atoms with Crippen LogP contribution < -0.4 is 0 Å². The van der Waals surface area contributed by atoms with Crippen molar-refractivity contribution in [2.75, 3.05) is 19.8 Å². The monoisotopic (exact) mass is 357 g/mol. The van der Waals surface area contributed by atoms with Gasteiger partial charge in [-0.15, -0.1) is 0 Å². The van der Waals surface area contributed by atoms with E-state index < -0.39 is 23.9 Å². The fraction of sp³-hybridized carbons (Fsp3) is 0.611. The number of rotatable bonds is 3. The molecule has 4 nitrogen and oxygen atoms in total. The summed E-state index contributed by atoms with van der Waals surface area (Å²) in [4.78, 5) is 14.1. The maximum atomic E-state index is 13.3. The van der Waals surface area contributed by atoms with Gasteiger partial charge in [0.25, 0.3) is 0 Å². The molecule has 0 aliphatic carbocycles. The minimum Gasteiger partial charge on any atom is -0.391 e. The number of carbonyl (C=O) groups is 1. The topological polar surface area (TPSA) is 49.8 Å². The first-order chi connectivity index (χ1) is 11.9. The third-order valence-electron chi connectivity index (χ3n) is 5.03. The molecular weight excluding hydrogens is 335 g/mol. The molecule has 0 aromatic heterocycles. The molecule has 0 bridgehead atoms. The Bertz CT molecular complexity index is 614. The Labute approximate surface area is 144 Å². The highest BCUT2D eigenvalue weighted by molar-refractivity contribution is 5.77.